The molecule has 0 spiro atoms. The fourth-order valence-corrected chi connectivity index (χ4v) is 6.01. The van der Waals surface area contributed by atoms with E-state index < -0.39 is 22.8 Å². The van der Waals surface area contributed by atoms with E-state index in [1.807, 2.05) is 42.9 Å². The molecule has 0 bridgehead atoms. The van der Waals surface area contributed by atoms with Crippen LogP contribution in [-0.4, -0.2) is 44.2 Å². The zero-order valence-electron chi connectivity index (χ0n) is 24.9. The summed E-state index contributed by atoms with van der Waals surface area (Å²) in [6, 6.07) is 31.9. The van der Waals surface area contributed by atoms with Crippen LogP contribution in [0.4, 0.5) is 8.78 Å². The van der Waals surface area contributed by atoms with Gasteiger partial charge in [-0.05, 0) is 23.3 Å². The van der Waals surface area contributed by atoms with Gasteiger partial charge in [-0.1, -0.05) is 96.5 Å². The summed E-state index contributed by atoms with van der Waals surface area (Å²) in [5.41, 5.74) is 0.947. The van der Waals surface area contributed by atoms with Crippen LogP contribution >= 0.6 is 11.6 Å². The molecule has 236 valence electrons. The quantitative estimate of drug-likeness (QED) is 0.189. The number of aromatic nitrogens is 8. The molecule has 0 aliphatic carbocycles. The van der Waals surface area contributed by atoms with Gasteiger partial charge in [-0.3, -0.25) is 0 Å². The molecular formula is C35H29ClF2N8O. The van der Waals surface area contributed by atoms with E-state index in [1.165, 1.54) is 40.7 Å². The molecule has 3 aromatic heterocycles. The van der Waals surface area contributed by atoms with E-state index in [4.69, 9.17) is 11.6 Å². The largest absolute Gasteiger partial charge is 0.381 e. The fourth-order valence-electron chi connectivity index (χ4n) is 5.74. The number of halogens is 3. The second kappa shape index (κ2) is 13.9. The molecule has 0 fully saturated rings. The van der Waals surface area contributed by atoms with Gasteiger partial charge in [0.2, 0.25) is 0 Å². The van der Waals surface area contributed by atoms with Crippen LogP contribution in [0.1, 0.15) is 22.3 Å². The Bertz CT molecular complexity index is 1910. The van der Waals surface area contributed by atoms with E-state index in [-0.39, 0.29) is 18.7 Å². The smallest absolute Gasteiger partial charge is 0.137 e. The lowest BCUT2D eigenvalue weighted by molar-refractivity contribution is -0.00856. The maximum atomic E-state index is 14.1. The Labute approximate surface area is 274 Å². The molecule has 0 aliphatic heterocycles. The standard InChI is InChI=1S/C22H17ClN2.C13H12F2N6O/c23-21-14-8-7-13-20(21)22(25-16-15-24-17-25,18-9-3-1-4-10-18)19-11-5-2-6-12-19;14-10-1-2-11(12(15)3-10)13(22,4-20-8-16-6-18-20)5-21-9-17-7-19-21/h1-17H;1-3,6-9,22H,4-5H2. The lowest BCUT2D eigenvalue weighted by Gasteiger charge is -2.37. The minimum Gasteiger partial charge on any atom is -0.381 e. The topological polar surface area (TPSA) is 99.5 Å². The zero-order chi connectivity index (χ0) is 32.7. The number of benzene rings is 4. The molecule has 0 aliphatic rings. The van der Waals surface area contributed by atoms with Crippen molar-refractivity contribution >= 4 is 11.6 Å². The van der Waals surface area contributed by atoms with Crippen molar-refractivity contribution in [2.75, 3.05) is 0 Å². The van der Waals surface area contributed by atoms with Crippen molar-refractivity contribution in [3.8, 4) is 0 Å². The Morgan fingerprint density at radius 1 is 0.660 bits per heavy atom. The van der Waals surface area contributed by atoms with E-state index in [0.29, 0.717) is 0 Å². The Hall–Kier alpha value is -5.52. The third-order valence-electron chi connectivity index (χ3n) is 7.75. The van der Waals surface area contributed by atoms with Crippen LogP contribution in [-0.2, 0) is 24.2 Å². The molecule has 0 saturated carbocycles. The predicted octanol–water partition coefficient (Wildman–Crippen LogP) is 6.11. The van der Waals surface area contributed by atoms with Crippen LogP contribution < -0.4 is 0 Å². The summed E-state index contributed by atoms with van der Waals surface area (Å²) in [6.45, 7) is -0.148. The van der Waals surface area contributed by atoms with Gasteiger partial charge in [0, 0.05) is 34.6 Å². The van der Waals surface area contributed by atoms with E-state index in [2.05, 4.69) is 84.3 Å². The highest BCUT2D eigenvalue weighted by Gasteiger charge is 2.39. The Morgan fingerprint density at radius 2 is 1.23 bits per heavy atom. The number of hydrogen-bond acceptors (Lipinski definition) is 6. The lowest BCUT2D eigenvalue weighted by Crippen LogP contribution is -2.37. The summed E-state index contributed by atoms with van der Waals surface area (Å²) in [7, 11) is 0. The molecule has 0 unspecified atom stereocenters. The third-order valence-corrected chi connectivity index (χ3v) is 8.08. The summed E-state index contributed by atoms with van der Waals surface area (Å²) < 4.78 is 32.1. The minimum absolute atomic E-state index is 0.0556. The zero-order valence-corrected chi connectivity index (χ0v) is 25.7. The molecule has 4 aromatic carbocycles. The molecule has 1 N–H and O–H groups in total. The van der Waals surface area contributed by atoms with Crippen LogP contribution in [0.15, 0.2) is 147 Å². The van der Waals surface area contributed by atoms with Crippen LogP contribution in [0.25, 0.3) is 0 Å². The van der Waals surface area contributed by atoms with Gasteiger partial charge in [-0.15, -0.1) is 0 Å². The Morgan fingerprint density at radius 3 is 1.72 bits per heavy atom. The molecule has 0 atom stereocenters. The van der Waals surface area contributed by atoms with Crippen LogP contribution in [0.3, 0.4) is 0 Å². The van der Waals surface area contributed by atoms with E-state index in [0.717, 1.165) is 33.8 Å². The third kappa shape index (κ3) is 6.57. The summed E-state index contributed by atoms with van der Waals surface area (Å²) in [6.07, 6.45) is 11.0. The monoisotopic (exact) mass is 650 g/mol. The fraction of sp³-hybridized carbons (Fsp3) is 0.114. The van der Waals surface area contributed by atoms with Crippen molar-refractivity contribution in [2.45, 2.75) is 24.2 Å². The molecule has 0 saturated heterocycles. The highest BCUT2D eigenvalue weighted by molar-refractivity contribution is 6.31. The van der Waals surface area contributed by atoms with Gasteiger partial charge in [-0.2, -0.15) is 10.2 Å². The Balaban J connectivity index is 0.000000166. The first-order valence-corrected chi connectivity index (χ1v) is 15.0. The van der Waals surface area contributed by atoms with Crippen molar-refractivity contribution in [1.29, 1.82) is 0 Å². The first kappa shape index (κ1) is 31.5. The van der Waals surface area contributed by atoms with Gasteiger partial charge < -0.3 is 9.67 Å². The molecule has 0 radical (unpaired) electrons. The van der Waals surface area contributed by atoms with Crippen molar-refractivity contribution in [3.05, 3.63) is 186 Å². The van der Waals surface area contributed by atoms with Gasteiger partial charge in [0.25, 0.3) is 0 Å². The van der Waals surface area contributed by atoms with Gasteiger partial charge in [0.15, 0.2) is 0 Å². The highest BCUT2D eigenvalue weighted by Crippen LogP contribution is 2.43. The van der Waals surface area contributed by atoms with Crippen molar-refractivity contribution in [2.24, 2.45) is 0 Å². The summed E-state index contributed by atoms with van der Waals surface area (Å²) in [5.74, 6) is -1.56. The normalized spacial score (nSPS) is 11.6. The second-order valence-corrected chi connectivity index (χ2v) is 11.1. The van der Waals surface area contributed by atoms with Gasteiger partial charge in [0.1, 0.15) is 48.1 Å². The number of imidazole rings is 1. The number of rotatable bonds is 9. The molecule has 47 heavy (non-hydrogen) atoms. The molecule has 7 aromatic rings. The van der Waals surface area contributed by atoms with Gasteiger partial charge in [-0.25, -0.2) is 33.1 Å². The molecule has 7 rings (SSSR count). The molecule has 12 heteroatoms. The minimum atomic E-state index is -1.70. The lowest BCUT2D eigenvalue weighted by atomic mass is 9.76. The molecular weight excluding hydrogens is 622 g/mol. The highest BCUT2D eigenvalue weighted by atomic mass is 35.5. The summed E-state index contributed by atoms with van der Waals surface area (Å²) in [5, 5.41) is 19.5. The summed E-state index contributed by atoms with van der Waals surface area (Å²) in [4.78, 5) is 11.9. The van der Waals surface area contributed by atoms with Crippen molar-refractivity contribution < 1.29 is 13.9 Å². The molecule has 9 nitrogen and oxygen atoms in total. The maximum Gasteiger partial charge on any atom is 0.137 e. The second-order valence-electron chi connectivity index (χ2n) is 10.7. The van der Waals surface area contributed by atoms with Gasteiger partial charge >= 0.3 is 0 Å². The van der Waals surface area contributed by atoms with E-state index in [9.17, 15) is 13.9 Å². The molecule has 0 amide bonds. The first-order valence-electron chi connectivity index (χ1n) is 14.6. The maximum absolute atomic E-state index is 14.1. The first-order chi connectivity index (χ1) is 22.9. The number of hydrogen-bond donors (Lipinski definition) is 1. The van der Waals surface area contributed by atoms with Crippen molar-refractivity contribution in [1.82, 2.24) is 39.1 Å². The average molecular weight is 651 g/mol. The predicted molar refractivity (Wildman–Crippen MR) is 172 cm³/mol. The van der Waals surface area contributed by atoms with Crippen LogP contribution in [0.5, 0.6) is 0 Å². The Kier molecular flexibility index (Phi) is 9.28. The van der Waals surface area contributed by atoms with Gasteiger partial charge in [0.05, 0.1) is 19.4 Å². The number of nitrogens with zero attached hydrogens (tertiary/aromatic N) is 8. The van der Waals surface area contributed by atoms with Crippen molar-refractivity contribution in [3.63, 3.8) is 0 Å². The molecule has 3 heterocycles. The van der Waals surface area contributed by atoms with E-state index in [1.54, 1.807) is 6.20 Å². The SMILES string of the molecule is Clc1ccccc1C(c1ccccc1)(c1ccccc1)n1ccnc1.OC(Cn1cncn1)(Cn1cncn1)c1ccc(F)cc1F. The van der Waals surface area contributed by atoms with Crippen LogP contribution in [0, 0.1) is 11.6 Å². The van der Waals surface area contributed by atoms with E-state index >= 15 is 0 Å². The number of aliphatic hydroxyl groups is 1. The average Bonchev–Trinajstić information content (AvgIpc) is 3.90. The summed E-state index contributed by atoms with van der Waals surface area (Å²) >= 11 is 6.69. The van der Waals surface area contributed by atoms with Crippen LogP contribution in [0.2, 0.25) is 5.02 Å².